The van der Waals surface area contributed by atoms with Gasteiger partial charge in [-0.15, -0.1) is 0 Å². The van der Waals surface area contributed by atoms with Gasteiger partial charge in [-0.2, -0.15) is 0 Å². The number of aryl methyl sites for hydroxylation is 1. The summed E-state index contributed by atoms with van der Waals surface area (Å²) < 4.78 is 6.62. The average Bonchev–Trinajstić information content (AvgIpc) is 2.43. The van der Waals surface area contributed by atoms with Gasteiger partial charge in [0.1, 0.15) is 5.75 Å². The number of halogens is 1. The van der Waals surface area contributed by atoms with Crippen molar-refractivity contribution in [2.75, 3.05) is 12.4 Å². The van der Waals surface area contributed by atoms with Gasteiger partial charge >= 0.3 is 0 Å². The van der Waals surface area contributed by atoms with E-state index in [-0.39, 0.29) is 0 Å². The second kappa shape index (κ2) is 6.10. The standard InChI is InChI=1S/C18H20BrNO/c1-12-6-7-17(18(8-12)21-2)20-16-10-14(11-16)13-4-3-5-15(19)9-13/h3-9,14,16,20H,10-11H2,1-2H3. The lowest BCUT2D eigenvalue weighted by molar-refractivity contribution is 0.370. The molecule has 1 aliphatic rings. The Labute approximate surface area is 134 Å². The van der Waals surface area contributed by atoms with Crippen LogP contribution in [0.25, 0.3) is 0 Å². The van der Waals surface area contributed by atoms with Gasteiger partial charge in [0.15, 0.2) is 0 Å². The first-order chi connectivity index (χ1) is 10.2. The molecule has 1 fully saturated rings. The lowest BCUT2D eigenvalue weighted by atomic mass is 9.76. The molecule has 1 saturated carbocycles. The van der Waals surface area contributed by atoms with E-state index >= 15 is 0 Å². The summed E-state index contributed by atoms with van der Waals surface area (Å²) in [5.74, 6) is 1.59. The molecule has 1 N–H and O–H groups in total. The van der Waals surface area contributed by atoms with Gasteiger partial charge in [0.05, 0.1) is 12.8 Å². The largest absolute Gasteiger partial charge is 0.495 e. The first kappa shape index (κ1) is 14.5. The summed E-state index contributed by atoms with van der Waals surface area (Å²) in [6.07, 6.45) is 2.35. The van der Waals surface area contributed by atoms with Crippen LogP contribution in [0.4, 0.5) is 5.69 Å². The molecule has 2 aromatic carbocycles. The number of methoxy groups -OCH3 is 1. The molecule has 21 heavy (non-hydrogen) atoms. The maximum Gasteiger partial charge on any atom is 0.142 e. The highest BCUT2D eigenvalue weighted by Gasteiger charge is 2.30. The monoisotopic (exact) mass is 345 g/mol. The van der Waals surface area contributed by atoms with Gasteiger partial charge in [0.2, 0.25) is 0 Å². The van der Waals surface area contributed by atoms with Crippen LogP contribution in [0, 0.1) is 6.92 Å². The fraction of sp³-hybridized carbons (Fsp3) is 0.333. The molecule has 0 amide bonds. The van der Waals surface area contributed by atoms with Crippen LogP contribution >= 0.6 is 15.9 Å². The molecule has 2 nitrogen and oxygen atoms in total. The summed E-state index contributed by atoms with van der Waals surface area (Å²) >= 11 is 3.55. The van der Waals surface area contributed by atoms with Crippen LogP contribution in [0.3, 0.4) is 0 Å². The number of benzene rings is 2. The summed E-state index contributed by atoms with van der Waals surface area (Å²) in [5.41, 5.74) is 3.75. The van der Waals surface area contributed by atoms with Crippen LogP contribution in [0.1, 0.15) is 29.9 Å². The number of rotatable bonds is 4. The lowest BCUT2D eigenvalue weighted by Crippen LogP contribution is -2.34. The molecule has 0 bridgehead atoms. The molecule has 0 aromatic heterocycles. The van der Waals surface area contributed by atoms with Gasteiger partial charge < -0.3 is 10.1 Å². The summed E-state index contributed by atoms with van der Waals surface area (Å²) in [7, 11) is 1.73. The molecule has 2 aromatic rings. The van der Waals surface area contributed by atoms with E-state index in [2.05, 4.69) is 70.6 Å². The minimum absolute atomic E-state index is 0.533. The van der Waals surface area contributed by atoms with Crippen molar-refractivity contribution < 1.29 is 4.74 Å². The van der Waals surface area contributed by atoms with Crippen LogP contribution in [0.5, 0.6) is 5.75 Å². The third kappa shape index (κ3) is 3.24. The normalized spacial score (nSPS) is 20.7. The number of nitrogens with one attached hydrogen (secondary N) is 1. The van der Waals surface area contributed by atoms with Crippen LogP contribution in [-0.4, -0.2) is 13.2 Å². The van der Waals surface area contributed by atoms with E-state index in [0.717, 1.165) is 15.9 Å². The van der Waals surface area contributed by atoms with Gasteiger partial charge in [0, 0.05) is 10.5 Å². The highest BCUT2D eigenvalue weighted by Crippen LogP contribution is 2.40. The Morgan fingerprint density at radius 3 is 2.67 bits per heavy atom. The Morgan fingerprint density at radius 2 is 1.95 bits per heavy atom. The van der Waals surface area contributed by atoms with Crippen molar-refractivity contribution in [3.05, 3.63) is 58.1 Å². The number of hydrogen-bond acceptors (Lipinski definition) is 2. The van der Waals surface area contributed by atoms with Crippen LogP contribution in [-0.2, 0) is 0 Å². The van der Waals surface area contributed by atoms with E-state index in [9.17, 15) is 0 Å². The zero-order valence-corrected chi connectivity index (χ0v) is 14.0. The zero-order valence-electron chi connectivity index (χ0n) is 12.4. The van der Waals surface area contributed by atoms with Crippen molar-refractivity contribution in [3.8, 4) is 5.75 Å². The van der Waals surface area contributed by atoms with Crippen LogP contribution in [0.2, 0.25) is 0 Å². The maximum absolute atomic E-state index is 5.45. The molecule has 0 atom stereocenters. The number of hydrogen-bond donors (Lipinski definition) is 1. The summed E-state index contributed by atoms with van der Waals surface area (Å²) in [6.45, 7) is 2.08. The Hall–Kier alpha value is -1.48. The predicted octanol–water partition coefficient (Wildman–Crippen LogP) is 5.12. The molecule has 0 saturated heterocycles. The molecule has 0 aliphatic heterocycles. The summed E-state index contributed by atoms with van der Waals surface area (Å²) in [6, 6.07) is 15.5. The highest BCUT2D eigenvalue weighted by molar-refractivity contribution is 9.10. The van der Waals surface area contributed by atoms with Crippen LogP contribution < -0.4 is 10.1 Å². The summed E-state index contributed by atoms with van der Waals surface area (Å²) in [5, 5.41) is 3.60. The second-order valence-electron chi connectivity index (χ2n) is 5.77. The first-order valence-corrected chi connectivity index (χ1v) is 8.11. The molecular weight excluding hydrogens is 326 g/mol. The third-order valence-electron chi connectivity index (χ3n) is 4.17. The Morgan fingerprint density at radius 1 is 1.14 bits per heavy atom. The van der Waals surface area contributed by atoms with E-state index in [4.69, 9.17) is 4.74 Å². The smallest absolute Gasteiger partial charge is 0.142 e. The number of ether oxygens (including phenoxy) is 1. The average molecular weight is 346 g/mol. The fourth-order valence-corrected chi connectivity index (χ4v) is 3.32. The minimum Gasteiger partial charge on any atom is -0.495 e. The Balaban J connectivity index is 1.62. The number of anilines is 1. The van der Waals surface area contributed by atoms with Gasteiger partial charge in [-0.1, -0.05) is 34.1 Å². The molecule has 3 rings (SSSR count). The summed E-state index contributed by atoms with van der Waals surface area (Å²) in [4.78, 5) is 0. The van der Waals surface area contributed by atoms with E-state index in [1.165, 1.54) is 24.0 Å². The SMILES string of the molecule is COc1cc(C)ccc1NC1CC(c2cccc(Br)c2)C1. The lowest BCUT2D eigenvalue weighted by Gasteiger charge is -2.37. The zero-order chi connectivity index (χ0) is 14.8. The molecule has 0 radical (unpaired) electrons. The van der Waals surface area contributed by atoms with Crippen molar-refractivity contribution in [1.82, 2.24) is 0 Å². The molecule has 0 unspecified atom stereocenters. The molecule has 110 valence electrons. The topological polar surface area (TPSA) is 21.3 Å². The molecule has 0 spiro atoms. The third-order valence-corrected chi connectivity index (χ3v) is 4.67. The van der Waals surface area contributed by atoms with Gasteiger partial charge in [-0.25, -0.2) is 0 Å². The molecule has 0 heterocycles. The van der Waals surface area contributed by atoms with Gasteiger partial charge in [-0.3, -0.25) is 0 Å². The van der Waals surface area contributed by atoms with E-state index in [0.29, 0.717) is 12.0 Å². The van der Waals surface area contributed by atoms with Gasteiger partial charge in [0.25, 0.3) is 0 Å². The van der Waals surface area contributed by atoms with Crippen molar-refractivity contribution in [2.45, 2.75) is 31.7 Å². The maximum atomic E-state index is 5.45. The fourth-order valence-electron chi connectivity index (χ4n) is 2.91. The Kier molecular flexibility index (Phi) is 4.20. The van der Waals surface area contributed by atoms with Crippen molar-refractivity contribution >= 4 is 21.6 Å². The molecular formula is C18H20BrNO. The van der Waals surface area contributed by atoms with Crippen LogP contribution in [0.15, 0.2) is 46.9 Å². The van der Waals surface area contributed by atoms with Crippen molar-refractivity contribution in [2.24, 2.45) is 0 Å². The first-order valence-electron chi connectivity index (χ1n) is 7.32. The van der Waals surface area contributed by atoms with E-state index in [1.54, 1.807) is 7.11 Å². The second-order valence-corrected chi connectivity index (χ2v) is 6.68. The Bertz CT molecular complexity index is 635. The minimum atomic E-state index is 0.533. The van der Waals surface area contributed by atoms with Crippen molar-refractivity contribution in [1.29, 1.82) is 0 Å². The van der Waals surface area contributed by atoms with E-state index < -0.39 is 0 Å². The highest BCUT2D eigenvalue weighted by atomic mass is 79.9. The van der Waals surface area contributed by atoms with E-state index in [1.807, 2.05) is 0 Å². The predicted molar refractivity (Wildman–Crippen MR) is 91.3 cm³/mol. The van der Waals surface area contributed by atoms with Gasteiger partial charge in [-0.05, 0) is 61.1 Å². The molecule has 1 aliphatic carbocycles. The van der Waals surface area contributed by atoms with Crippen molar-refractivity contribution in [3.63, 3.8) is 0 Å². The quantitative estimate of drug-likeness (QED) is 0.829. The molecule has 3 heteroatoms.